The van der Waals surface area contributed by atoms with E-state index in [0.717, 1.165) is 16.2 Å². The van der Waals surface area contributed by atoms with Crippen LogP contribution in [0.1, 0.15) is 10.7 Å². The molecule has 1 unspecified atom stereocenters. The van der Waals surface area contributed by atoms with E-state index >= 15 is 0 Å². The molecule has 30 heavy (non-hydrogen) atoms. The fraction of sp³-hybridized carbons (Fsp3) is 0.267. The predicted molar refractivity (Wildman–Crippen MR) is 110 cm³/mol. The number of thiazole rings is 1. The number of fused-ring (bicyclic) bond motifs is 1. The first-order chi connectivity index (χ1) is 14.4. The van der Waals surface area contributed by atoms with Crippen molar-refractivity contribution in [2.45, 2.75) is 11.4 Å². The summed E-state index contributed by atoms with van der Waals surface area (Å²) in [6.45, 7) is 0. The molecule has 2 aromatic rings. The zero-order chi connectivity index (χ0) is 21.4. The highest BCUT2D eigenvalue weighted by Gasteiger charge is 2.54. The first kappa shape index (κ1) is 20.2. The predicted octanol–water partition coefficient (Wildman–Crippen LogP) is -0.177. The number of nitrogens with two attached hydrogens (primary N) is 1. The highest BCUT2D eigenvalue weighted by Crippen LogP contribution is 2.43. The van der Waals surface area contributed by atoms with Gasteiger partial charge in [0.15, 0.2) is 10.8 Å². The first-order valence-electron chi connectivity index (χ1n) is 8.23. The van der Waals surface area contributed by atoms with Crippen LogP contribution in [0.4, 0.5) is 5.13 Å². The van der Waals surface area contributed by atoms with Crippen LogP contribution < -0.4 is 11.1 Å². The smallest absolute Gasteiger partial charge is 0.353 e. The fourth-order valence-corrected chi connectivity index (χ4v) is 5.57. The second-order valence-corrected chi connectivity index (χ2v) is 8.76. The molecule has 2 amide bonds. The van der Waals surface area contributed by atoms with Crippen molar-refractivity contribution >= 4 is 68.6 Å². The second-order valence-electron chi connectivity index (χ2n) is 5.93. The molecule has 12 nitrogen and oxygen atoms in total. The summed E-state index contributed by atoms with van der Waals surface area (Å²) < 4.78 is 0. The SMILES string of the molecule is CO/N=C(\C(=O)NC1C(=O)N2C(C(=O)O)=C(c3nncs3)CS[C@H]12)c1csc(N)n1. The summed E-state index contributed by atoms with van der Waals surface area (Å²) in [6.07, 6.45) is 0. The molecular weight excluding hydrogens is 454 g/mol. The van der Waals surface area contributed by atoms with Crippen molar-refractivity contribution in [1.29, 1.82) is 0 Å². The molecule has 2 aromatic heterocycles. The molecule has 0 saturated carbocycles. The van der Waals surface area contributed by atoms with Crippen LogP contribution in [0.5, 0.6) is 0 Å². The number of hydrogen-bond donors (Lipinski definition) is 3. The number of nitrogens with zero attached hydrogens (tertiary/aromatic N) is 5. The molecular formula is C15H13N7O5S3. The zero-order valence-corrected chi connectivity index (χ0v) is 17.6. The van der Waals surface area contributed by atoms with Crippen LogP contribution in [-0.4, -0.2) is 73.0 Å². The first-order valence-corrected chi connectivity index (χ1v) is 11.0. The molecule has 1 saturated heterocycles. The number of aromatic nitrogens is 3. The van der Waals surface area contributed by atoms with Gasteiger partial charge in [0.25, 0.3) is 11.8 Å². The molecule has 4 N–H and O–H groups in total. The number of anilines is 1. The van der Waals surface area contributed by atoms with Crippen molar-refractivity contribution in [1.82, 2.24) is 25.4 Å². The monoisotopic (exact) mass is 467 g/mol. The second kappa shape index (κ2) is 8.00. The third-order valence-corrected chi connectivity index (χ3v) is 6.94. The summed E-state index contributed by atoms with van der Waals surface area (Å²) in [5.74, 6) is -2.17. The molecule has 0 aliphatic carbocycles. The van der Waals surface area contributed by atoms with E-state index in [4.69, 9.17) is 10.6 Å². The van der Waals surface area contributed by atoms with Crippen LogP contribution in [0.2, 0.25) is 0 Å². The van der Waals surface area contributed by atoms with E-state index in [1.165, 1.54) is 41.1 Å². The van der Waals surface area contributed by atoms with E-state index in [2.05, 4.69) is 25.7 Å². The lowest BCUT2D eigenvalue weighted by atomic mass is 10.0. The van der Waals surface area contributed by atoms with Crippen LogP contribution in [0.3, 0.4) is 0 Å². The average Bonchev–Trinajstić information content (AvgIpc) is 3.40. The molecule has 2 aliphatic rings. The summed E-state index contributed by atoms with van der Waals surface area (Å²) in [4.78, 5) is 47.2. The van der Waals surface area contributed by atoms with Gasteiger partial charge in [0.1, 0.15) is 40.4 Å². The van der Waals surface area contributed by atoms with Gasteiger partial charge in [-0.25, -0.2) is 9.78 Å². The Balaban J connectivity index is 1.56. The van der Waals surface area contributed by atoms with Crippen molar-refractivity contribution in [2.24, 2.45) is 5.16 Å². The third kappa shape index (κ3) is 3.40. The van der Waals surface area contributed by atoms with Crippen molar-refractivity contribution < 1.29 is 24.3 Å². The maximum Gasteiger partial charge on any atom is 0.353 e. The maximum atomic E-state index is 12.7. The summed E-state index contributed by atoms with van der Waals surface area (Å²) in [6, 6.07) is -0.925. The van der Waals surface area contributed by atoms with E-state index < -0.39 is 29.2 Å². The molecule has 1 fully saturated rings. The Hall–Kier alpha value is -3.04. The minimum Gasteiger partial charge on any atom is -0.477 e. The maximum absolute atomic E-state index is 12.7. The van der Waals surface area contributed by atoms with Crippen LogP contribution >= 0.6 is 34.4 Å². The van der Waals surface area contributed by atoms with Gasteiger partial charge in [0.2, 0.25) is 0 Å². The molecule has 4 heterocycles. The van der Waals surface area contributed by atoms with Crippen molar-refractivity contribution in [2.75, 3.05) is 18.6 Å². The average molecular weight is 468 g/mol. The summed E-state index contributed by atoms with van der Waals surface area (Å²) >= 11 is 3.64. The Morgan fingerprint density at radius 3 is 2.83 bits per heavy atom. The number of carboxylic acids is 1. The Labute approximate surface area is 180 Å². The van der Waals surface area contributed by atoms with Gasteiger partial charge in [0, 0.05) is 16.7 Å². The van der Waals surface area contributed by atoms with Gasteiger partial charge in [-0.3, -0.25) is 14.5 Å². The minimum atomic E-state index is -1.25. The lowest BCUT2D eigenvalue weighted by Gasteiger charge is -2.49. The van der Waals surface area contributed by atoms with Crippen molar-refractivity contribution in [3.05, 3.63) is 27.3 Å². The number of oxime groups is 1. The molecule has 2 aliphatic heterocycles. The Morgan fingerprint density at radius 1 is 1.43 bits per heavy atom. The van der Waals surface area contributed by atoms with Gasteiger partial charge >= 0.3 is 5.97 Å². The Kier molecular flexibility index (Phi) is 5.40. The van der Waals surface area contributed by atoms with Crippen molar-refractivity contribution in [3.63, 3.8) is 0 Å². The highest BCUT2D eigenvalue weighted by molar-refractivity contribution is 8.00. The number of rotatable bonds is 6. The van der Waals surface area contributed by atoms with Gasteiger partial charge in [0.05, 0.1) is 0 Å². The van der Waals surface area contributed by atoms with Gasteiger partial charge in [-0.15, -0.1) is 44.6 Å². The number of nitrogens with one attached hydrogen (secondary N) is 1. The van der Waals surface area contributed by atoms with Crippen LogP contribution in [-0.2, 0) is 19.2 Å². The molecule has 4 rings (SSSR count). The number of carbonyl (C=O) groups is 3. The Bertz CT molecular complexity index is 1080. The lowest BCUT2D eigenvalue weighted by Crippen LogP contribution is -2.71. The molecule has 0 radical (unpaired) electrons. The van der Waals surface area contributed by atoms with E-state index in [-0.39, 0.29) is 22.2 Å². The number of carbonyl (C=O) groups excluding carboxylic acids is 2. The quantitative estimate of drug-likeness (QED) is 0.294. The lowest BCUT2D eigenvalue weighted by molar-refractivity contribution is -0.149. The normalized spacial score (nSPS) is 21.2. The number of amides is 2. The van der Waals surface area contributed by atoms with Gasteiger partial charge in [-0.05, 0) is 0 Å². The Morgan fingerprint density at radius 2 is 2.23 bits per heavy atom. The van der Waals surface area contributed by atoms with Gasteiger partial charge < -0.3 is 21.0 Å². The number of hydrogen-bond acceptors (Lipinski definition) is 12. The zero-order valence-electron chi connectivity index (χ0n) is 15.1. The number of nitrogen functional groups attached to an aromatic ring is 1. The molecule has 156 valence electrons. The third-order valence-electron chi connectivity index (χ3n) is 4.24. The van der Waals surface area contributed by atoms with Gasteiger partial charge in [-0.1, -0.05) is 5.16 Å². The van der Waals surface area contributed by atoms with Crippen LogP contribution in [0, 0.1) is 0 Å². The number of aliphatic carboxylic acids is 1. The molecule has 0 spiro atoms. The summed E-state index contributed by atoms with van der Waals surface area (Å²) in [5.41, 5.74) is 7.43. The highest BCUT2D eigenvalue weighted by atomic mass is 32.2. The topological polar surface area (TPSA) is 173 Å². The molecule has 0 bridgehead atoms. The van der Waals surface area contributed by atoms with Crippen molar-refractivity contribution in [3.8, 4) is 0 Å². The number of thioether (sulfide) groups is 1. The molecule has 15 heteroatoms. The summed E-state index contributed by atoms with van der Waals surface area (Å²) in [5, 5.41) is 25.2. The van der Waals surface area contributed by atoms with Crippen LogP contribution in [0.25, 0.3) is 5.57 Å². The standard InChI is InChI=1S/C15H13N7O5S3/c1-27-21-7(6-3-29-15(16)18-6)10(23)19-8-12(24)22-9(14(25)26)5(2-28-13(8)22)11-20-17-4-30-11/h3-4,8,13H,2H2,1H3,(H2,16,18)(H,19,23)(H,25,26)/b21-7-/t8?,13-/m1/s1. The number of carboxylic acid groups (broad SMARTS) is 1. The fourth-order valence-electron chi connectivity index (χ4n) is 2.99. The van der Waals surface area contributed by atoms with E-state index in [9.17, 15) is 19.5 Å². The summed E-state index contributed by atoms with van der Waals surface area (Å²) in [7, 11) is 1.27. The van der Waals surface area contributed by atoms with Crippen LogP contribution in [0.15, 0.2) is 21.7 Å². The number of β-lactam (4-membered cyclic amide) rings is 1. The minimum absolute atomic E-state index is 0.138. The van der Waals surface area contributed by atoms with E-state index in [0.29, 0.717) is 16.3 Å². The largest absolute Gasteiger partial charge is 0.477 e. The molecule has 0 aromatic carbocycles. The molecule has 2 atom stereocenters. The van der Waals surface area contributed by atoms with E-state index in [1.807, 2.05) is 0 Å². The van der Waals surface area contributed by atoms with E-state index in [1.54, 1.807) is 0 Å². The van der Waals surface area contributed by atoms with Gasteiger partial charge in [-0.2, -0.15) is 0 Å².